The molecule has 1 atom stereocenters. The quantitative estimate of drug-likeness (QED) is 0.844. The van der Waals surface area contributed by atoms with Gasteiger partial charge in [0.15, 0.2) is 0 Å². The van der Waals surface area contributed by atoms with Crippen LogP contribution in [0.15, 0.2) is 30.5 Å². The lowest BCUT2D eigenvalue weighted by Crippen LogP contribution is -2.33. The van der Waals surface area contributed by atoms with Crippen molar-refractivity contribution in [1.29, 1.82) is 0 Å². The minimum absolute atomic E-state index is 0.115. The number of rotatable bonds is 2. The molecule has 1 aliphatic rings. The number of aromatic amines is 1. The van der Waals surface area contributed by atoms with Gasteiger partial charge in [0.2, 0.25) is 5.91 Å². The maximum atomic E-state index is 12.4. The third-order valence-corrected chi connectivity index (χ3v) is 3.67. The summed E-state index contributed by atoms with van der Waals surface area (Å²) in [6.07, 6.45) is 2.84. The highest BCUT2D eigenvalue weighted by Crippen LogP contribution is 2.27. The summed E-state index contributed by atoms with van der Waals surface area (Å²) in [5.74, 6) is 0.313. The van der Waals surface area contributed by atoms with Gasteiger partial charge in [0.25, 0.3) is 0 Å². The van der Waals surface area contributed by atoms with E-state index in [0.29, 0.717) is 0 Å². The van der Waals surface area contributed by atoms with Gasteiger partial charge in [-0.3, -0.25) is 4.79 Å². The molecule has 2 heterocycles. The van der Waals surface area contributed by atoms with Crippen LogP contribution in [0.3, 0.4) is 0 Å². The number of fused-ring (bicyclic) bond motifs is 1. The molecule has 0 bridgehead atoms. The Morgan fingerprint density at radius 1 is 1.39 bits per heavy atom. The number of carbonyl (C=O) groups is 1. The van der Waals surface area contributed by atoms with E-state index in [9.17, 15) is 4.79 Å². The van der Waals surface area contributed by atoms with Crippen LogP contribution in [-0.4, -0.2) is 31.0 Å². The van der Waals surface area contributed by atoms with Gasteiger partial charge in [0.1, 0.15) is 0 Å². The lowest BCUT2D eigenvalue weighted by atomic mass is 10.1. The summed E-state index contributed by atoms with van der Waals surface area (Å²) < 4.78 is 0. The summed E-state index contributed by atoms with van der Waals surface area (Å²) in [7, 11) is 1.86. The van der Waals surface area contributed by atoms with Gasteiger partial charge in [-0.15, -0.1) is 0 Å². The SMILES string of the molecule is CN(C(=O)C1CCNC1)c1c[nH]c2ccccc12. The minimum atomic E-state index is 0.115. The van der Waals surface area contributed by atoms with Gasteiger partial charge in [-0.2, -0.15) is 0 Å². The second-order valence-corrected chi connectivity index (χ2v) is 4.81. The Kier molecular flexibility index (Phi) is 2.80. The number of H-pyrrole nitrogens is 1. The van der Waals surface area contributed by atoms with Crippen LogP contribution in [-0.2, 0) is 4.79 Å². The lowest BCUT2D eigenvalue weighted by molar-refractivity contribution is -0.121. The Bertz CT molecular complexity index is 569. The van der Waals surface area contributed by atoms with E-state index in [0.717, 1.165) is 36.1 Å². The van der Waals surface area contributed by atoms with E-state index < -0.39 is 0 Å². The Morgan fingerprint density at radius 2 is 2.22 bits per heavy atom. The molecule has 0 spiro atoms. The maximum Gasteiger partial charge on any atom is 0.231 e. The van der Waals surface area contributed by atoms with Crippen LogP contribution in [0.1, 0.15) is 6.42 Å². The van der Waals surface area contributed by atoms with Crippen LogP contribution in [0.2, 0.25) is 0 Å². The fourth-order valence-electron chi connectivity index (χ4n) is 2.59. The van der Waals surface area contributed by atoms with E-state index in [1.54, 1.807) is 4.90 Å². The highest BCUT2D eigenvalue weighted by Gasteiger charge is 2.26. The Morgan fingerprint density at radius 3 is 3.00 bits per heavy atom. The zero-order chi connectivity index (χ0) is 12.5. The number of amides is 1. The van der Waals surface area contributed by atoms with Gasteiger partial charge < -0.3 is 15.2 Å². The molecule has 0 saturated carbocycles. The van der Waals surface area contributed by atoms with Crippen molar-refractivity contribution in [3.63, 3.8) is 0 Å². The van der Waals surface area contributed by atoms with Crippen LogP contribution in [0.4, 0.5) is 5.69 Å². The van der Waals surface area contributed by atoms with Gasteiger partial charge in [-0.05, 0) is 19.0 Å². The molecule has 1 aliphatic heterocycles. The van der Waals surface area contributed by atoms with E-state index >= 15 is 0 Å². The highest BCUT2D eigenvalue weighted by atomic mass is 16.2. The van der Waals surface area contributed by atoms with Crippen molar-refractivity contribution in [3.05, 3.63) is 30.5 Å². The number of para-hydroxylation sites is 1. The van der Waals surface area contributed by atoms with Gasteiger partial charge in [0, 0.05) is 30.7 Å². The minimum Gasteiger partial charge on any atom is -0.359 e. The van der Waals surface area contributed by atoms with Crippen molar-refractivity contribution in [2.24, 2.45) is 5.92 Å². The standard InChI is InChI=1S/C14H17N3O/c1-17(14(18)10-6-7-15-8-10)13-9-16-12-5-3-2-4-11(12)13/h2-5,9-10,15-16H,6-8H2,1H3. The number of aromatic nitrogens is 1. The first-order valence-corrected chi connectivity index (χ1v) is 6.32. The molecular formula is C14H17N3O. The molecule has 2 aromatic rings. The summed E-state index contributed by atoms with van der Waals surface area (Å²) in [5, 5.41) is 4.33. The average molecular weight is 243 g/mol. The molecule has 1 aromatic carbocycles. The summed E-state index contributed by atoms with van der Waals surface area (Å²) in [6, 6.07) is 8.05. The molecule has 4 heteroatoms. The Balaban J connectivity index is 1.91. The van der Waals surface area contributed by atoms with Gasteiger partial charge in [-0.25, -0.2) is 0 Å². The smallest absolute Gasteiger partial charge is 0.231 e. The number of carbonyl (C=O) groups excluding carboxylic acids is 1. The van der Waals surface area contributed by atoms with Crippen molar-refractivity contribution in [3.8, 4) is 0 Å². The molecule has 3 rings (SSSR count). The molecule has 1 fully saturated rings. The van der Waals surface area contributed by atoms with E-state index in [-0.39, 0.29) is 11.8 Å². The van der Waals surface area contributed by atoms with Gasteiger partial charge in [0.05, 0.1) is 11.6 Å². The van der Waals surface area contributed by atoms with Crippen LogP contribution >= 0.6 is 0 Å². The van der Waals surface area contributed by atoms with E-state index in [1.165, 1.54) is 0 Å². The topological polar surface area (TPSA) is 48.1 Å². The van der Waals surface area contributed by atoms with Crippen molar-refractivity contribution >= 4 is 22.5 Å². The number of benzene rings is 1. The number of nitrogens with one attached hydrogen (secondary N) is 2. The van der Waals surface area contributed by atoms with Crippen LogP contribution in [0, 0.1) is 5.92 Å². The number of anilines is 1. The van der Waals surface area contributed by atoms with Crippen LogP contribution in [0.5, 0.6) is 0 Å². The molecule has 94 valence electrons. The molecular weight excluding hydrogens is 226 g/mol. The van der Waals surface area contributed by atoms with Gasteiger partial charge >= 0.3 is 0 Å². The molecule has 0 radical (unpaired) electrons. The molecule has 1 amide bonds. The summed E-state index contributed by atoms with van der Waals surface area (Å²) in [4.78, 5) is 17.3. The third kappa shape index (κ3) is 1.78. The maximum absolute atomic E-state index is 12.4. The van der Waals surface area contributed by atoms with E-state index in [4.69, 9.17) is 0 Å². The van der Waals surface area contributed by atoms with Crippen LogP contribution < -0.4 is 10.2 Å². The molecule has 1 aromatic heterocycles. The number of nitrogens with zero attached hydrogens (tertiary/aromatic N) is 1. The zero-order valence-corrected chi connectivity index (χ0v) is 10.4. The van der Waals surface area contributed by atoms with E-state index in [2.05, 4.69) is 10.3 Å². The van der Waals surface area contributed by atoms with Gasteiger partial charge in [-0.1, -0.05) is 18.2 Å². The second-order valence-electron chi connectivity index (χ2n) is 4.81. The molecule has 0 aliphatic carbocycles. The van der Waals surface area contributed by atoms with Crippen LogP contribution in [0.25, 0.3) is 10.9 Å². The first kappa shape index (κ1) is 11.3. The predicted octanol–water partition coefficient (Wildman–Crippen LogP) is 1.74. The summed E-state index contributed by atoms with van der Waals surface area (Å²) in [6.45, 7) is 1.74. The van der Waals surface area contributed by atoms with Crippen molar-refractivity contribution in [2.75, 3.05) is 25.0 Å². The summed E-state index contributed by atoms with van der Waals surface area (Å²) >= 11 is 0. The fourth-order valence-corrected chi connectivity index (χ4v) is 2.59. The first-order valence-electron chi connectivity index (χ1n) is 6.32. The van der Waals surface area contributed by atoms with Crippen molar-refractivity contribution in [2.45, 2.75) is 6.42 Å². The molecule has 2 N–H and O–H groups in total. The normalized spacial score (nSPS) is 19.3. The summed E-state index contributed by atoms with van der Waals surface area (Å²) in [5.41, 5.74) is 2.03. The molecule has 4 nitrogen and oxygen atoms in total. The number of hydrogen-bond donors (Lipinski definition) is 2. The van der Waals surface area contributed by atoms with Crippen molar-refractivity contribution < 1.29 is 4.79 Å². The average Bonchev–Trinajstić information content (AvgIpc) is 3.06. The lowest BCUT2D eigenvalue weighted by Gasteiger charge is -2.19. The largest absolute Gasteiger partial charge is 0.359 e. The predicted molar refractivity (Wildman–Crippen MR) is 72.7 cm³/mol. The first-order chi connectivity index (χ1) is 8.77. The van der Waals surface area contributed by atoms with E-state index in [1.807, 2.05) is 37.5 Å². The Labute approximate surface area is 106 Å². The highest BCUT2D eigenvalue weighted by molar-refractivity contribution is 6.03. The monoisotopic (exact) mass is 243 g/mol. The number of hydrogen-bond acceptors (Lipinski definition) is 2. The molecule has 18 heavy (non-hydrogen) atoms. The zero-order valence-electron chi connectivity index (χ0n) is 10.4. The molecule has 1 unspecified atom stereocenters. The van der Waals surface area contributed by atoms with Crippen molar-refractivity contribution in [1.82, 2.24) is 10.3 Å². The fraction of sp³-hybridized carbons (Fsp3) is 0.357. The third-order valence-electron chi connectivity index (χ3n) is 3.67. The Hall–Kier alpha value is -1.81. The second kappa shape index (κ2) is 4.46. The molecule has 1 saturated heterocycles.